The van der Waals surface area contributed by atoms with Crippen molar-refractivity contribution < 1.29 is 24.2 Å². The Bertz CT molecular complexity index is 1050. The smallest absolute Gasteiger partial charge is 0.335 e. The third kappa shape index (κ3) is 3.96. The van der Waals surface area contributed by atoms with Gasteiger partial charge < -0.3 is 9.84 Å². The summed E-state index contributed by atoms with van der Waals surface area (Å²) in [4.78, 5) is 38.7. The lowest BCUT2D eigenvalue weighted by Crippen LogP contribution is -2.54. The van der Waals surface area contributed by atoms with E-state index in [4.69, 9.17) is 4.74 Å². The summed E-state index contributed by atoms with van der Waals surface area (Å²) in [5, 5.41) is 12.4. The highest BCUT2D eigenvalue weighted by Crippen LogP contribution is 2.33. The van der Waals surface area contributed by atoms with Gasteiger partial charge in [0.05, 0.1) is 12.8 Å². The molecule has 0 radical (unpaired) electrons. The first-order chi connectivity index (χ1) is 14.4. The van der Waals surface area contributed by atoms with Crippen molar-refractivity contribution >= 4 is 29.6 Å². The van der Waals surface area contributed by atoms with Crippen molar-refractivity contribution in [1.82, 2.24) is 5.32 Å². The molecule has 2 aromatic rings. The van der Waals surface area contributed by atoms with Crippen LogP contribution in [0.1, 0.15) is 23.6 Å². The quantitative estimate of drug-likeness (QED) is 0.436. The number of ether oxygens (including phenoxy) is 1. The maximum Gasteiger partial charge on any atom is 0.335 e. The lowest BCUT2D eigenvalue weighted by Gasteiger charge is -2.26. The van der Waals surface area contributed by atoms with Crippen LogP contribution in [0.15, 0.2) is 54.6 Å². The van der Waals surface area contributed by atoms with E-state index in [1.54, 1.807) is 24.3 Å². The van der Waals surface area contributed by atoms with E-state index in [9.17, 15) is 19.5 Å². The fourth-order valence-corrected chi connectivity index (χ4v) is 3.18. The summed E-state index contributed by atoms with van der Waals surface area (Å²) in [7, 11) is 1.41. The Labute approximate surface area is 174 Å². The minimum Gasteiger partial charge on any atom is -0.504 e. The number of amides is 4. The number of benzene rings is 2. The first-order valence-corrected chi connectivity index (χ1v) is 9.40. The van der Waals surface area contributed by atoms with Crippen LogP contribution in [0.5, 0.6) is 11.5 Å². The van der Waals surface area contributed by atoms with Crippen molar-refractivity contribution in [2.24, 2.45) is 0 Å². The van der Waals surface area contributed by atoms with Gasteiger partial charge in [0.25, 0.3) is 11.8 Å². The number of imide groups is 2. The van der Waals surface area contributed by atoms with Gasteiger partial charge in [-0.15, -0.1) is 6.58 Å². The molecule has 0 unspecified atom stereocenters. The van der Waals surface area contributed by atoms with Gasteiger partial charge in [-0.2, -0.15) is 0 Å². The van der Waals surface area contributed by atoms with E-state index >= 15 is 0 Å². The van der Waals surface area contributed by atoms with Gasteiger partial charge in [-0.1, -0.05) is 25.1 Å². The Morgan fingerprint density at radius 2 is 1.87 bits per heavy atom. The highest BCUT2D eigenvalue weighted by molar-refractivity contribution is 6.39. The van der Waals surface area contributed by atoms with Gasteiger partial charge in [0.2, 0.25) is 0 Å². The number of carbonyl (C=O) groups excluding carboxylic acids is 3. The van der Waals surface area contributed by atoms with Gasteiger partial charge in [0.15, 0.2) is 11.5 Å². The average Bonchev–Trinajstić information content (AvgIpc) is 2.73. The van der Waals surface area contributed by atoms with Crippen molar-refractivity contribution in [1.29, 1.82) is 0 Å². The number of methoxy groups -OCH3 is 1. The van der Waals surface area contributed by atoms with Crippen LogP contribution < -0.4 is 15.0 Å². The van der Waals surface area contributed by atoms with Crippen LogP contribution in [0.3, 0.4) is 0 Å². The standard InChI is InChI=1S/C23H22N2O5/c1-4-6-16-11-15(13-19(30-3)20(16)26)12-18-21(27)24-23(29)25(22(18)28)17-9-7-14(5-2)8-10-17/h4,7-13,26H,1,5-6H2,2-3H3,(H,24,27,29). The summed E-state index contributed by atoms with van der Waals surface area (Å²) >= 11 is 0. The summed E-state index contributed by atoms with van der Waals surface area (Å²) in [6.07, 6.45) is 4.17. The molecule has 0 spiro atoms. The molecule has 1 aliphatic heterocycles. The van der Waals surface area contributed by atoms with Crippen molar-refractivity contribution in [3.63, 3.8) is 0 Å². The van der Waals surface area contributed by atoms with Crippen LogP contribution in [-0.4, -0.2) is 30.1 Å². The van der Waals surface area contributed by atoms with Crippen molar-refractivity contribution in [3.05, 3.63) is 71.3 Å². The van der Waals surface area contributed by atoms with E-state index in [2.05, 4.69) is 11.9 Å². The van der Waals surface area contributed by atoms with Crippen LogP contribution in [0.25, 0.3) is 6.08 Å². The normalized spacial score (nSPS) is 15.3. The number of rotatable bonds is 6. The molecule has 0 saturated carbocycles. The van der Waals surface area contributed by atoms with Gasteiger partial charge in [0.1, 0.15) is 5.57 Å². The summed E-state index contributed by atoms with van der Waals surface area (Å²) in [6.45, 7) is 5.66. The second-order valence-electron chi connectivity index (χ2n) is 6.70. The fourth-order valence-electron chi connectivity index (χ4n) is 3.18. The largest absolute Gasteiger partial charge is 0.504 e. The molecule has 0 atom stereocenters. The van der Waals surface area contributed by atoms with Gasteiger partial charge >= 0.3 is 6.03 Å². The maximum absolute atomic E-state index is 13.0. The first-order valence-electron chi connectivity index (χ1n) is 9.40. The van der Waals surface area contributed by atoms with Crippen molar-refractivity contribution in [2.75, 3.05) is 12.0 Å². The molecular weight excluding hydrogens is 384 g/mol. The molecule has 2 N–H and O–H groups in total. The Morgan fingerprint density at radius 1 is 1.17 bits per heavy atom. The number of nitrogens with one attached hydrogen (secondary N) is 1. The van der Waals surface area contributed by atoms with E-state index in [-0.39, 0.29) is 17.1 Å². The minimum atomic E-state index is -0.804. The van der Waals surface area contributed by atoms with Crippen LogP contribution in [0.2, 0.25) is 0 Å². The Hall–Kier alpha value is -3.87. The monoisotopic (exact) mass is 406 g/mol. The molecule has 1 fully saturated rings. The maximum atomic E-state index is 13.0. The van der Waals surface area contributed by atoms with Crippen LogP contribution >= 0.6 is 0 Å². The SMILES string of the molecule is C=CCc1cc(C=C2C(=O)NC(=O)N(c3ccc(CC)cc3)C2=O)cc(OC)c1O. The van der Waals surface area contributed by atoms with Crippen molar-refractivity contribution in [3.8, 4) is 11.5 Å². The first kappa shape index (κ1) is 20.9. The van der Waals surface area contributed by atoms with Gasteiger partial charge in [-0.25, -0.2) is 9.69 Å². The molecule has 1 heterocycles. The molecule has 30 heavy (non-hydrogen) atoms. The second-order valence-corrected chi connectivity index (χ2v) is 6.70. The minimum absolute atomic E-state index is 0.0354. The molecule has 4 amide bonds. The van der Waals surface area contributed by atoms with E-state index in [0.717, 1.165) is 16.9 Å². The number of urea groups is 1. The molecule has 1 aliphatic rings. The summed E-state index contributed by atoms with van der Waals surface area (Å²) in [5.41, 5.74) is 2.22. The molecule has 0 aromatic heterocycles. The predicted octanol–water partition coefficient (Wildman–Crippen LogP) is 3.36. The number of phenols is 1. The number of anilines is 1. The van der Waals surface area contributed by atoms with Gasteiger partial charge in [-0.3, -0.25) is 14.9 Å². The number of aromatic hydroxyl groups is 1. The molecule has 7 heteroatoms. The van der Waals surface area contributed by atoms with Crippen LogP contribution in [-0.2, 0) is 22.4 Å². The third-order valence-corrected chi connectivity index (χ3v) is 4.78. The van der Waals surface area contributed by atoms with E-state index in [1.165, 1.54) is 19.3 Å². The molecule has 3 rings (SSSR count). The van der Waals surface area contributed by atoms with Gasteiger partial charge in [-0.05, 0) is 54.3 Å². The number of hydrogen-bond acceptors (Lipinski definition) is 5. The summed E-state index contributed by atoms with van der Waals surface area (Å²) in [5.74, 6) is -1.35. The highest BCUT2D eigenvalue weighted by atomic mass is 16.5. The topological polar surface area (TPSA) is 95.9 Å². The molecular formula is C23H22N2O5. The van der Waals surface area contributed by atoms with Crippen LogP contribution in [0.4, 0.5) is 10.5 Å². The molecule has 154 valence electrons. The molecule has 0 aliphatic carbocycles. The predicted molar refractivity (Wildman–Crippen MR) is 113 cm³/mol. The number of phenolic OH excluding ortho intramolecular Hbond substituents is 1. The number of barbiturate groups is 1. The second kappa shape index (κ2) is 8.65. The van der Waals surface area contributed by atoms with Crippen molar-refractivity contribution in [2.45, 2.75) is 19.8 Å². The lowest BCUT2D eigenvalue weighted by atomic mass is 10.0. The van der Waals surface area contributed by atoms with E-state index < -0.39 is 17.8 Å². The number of allylic oxidation sites excluding steroid dienone is 1. The van der Waals surface area contributed by atoms with Crippen LogP contribution in [0, 0.1) is 0 Å². The molecule has 1 saturated heterocycles. The third-order valence-electron chi connectivity index (χ3n) is 4.78. The number of carbonyl (C=O) groups is 3. The molecule has 7 nitrogen and oxygen atoms in total. The zero-order valence-corrected chi connectivity index (χ0v) is 16.8. The lowest BCUT2D eigenvalue weighted by molar-refractivity contribution is -0.122. The Morgan fingerprint density at radius 3 is 2.47 bits per heavy atom. The van der Waals surface area contributed by atoms with E-state index in [1.807, 2.05) is 19.1 Å². The summed E-state index contributed by atoms with van der Waals surface area (Å²) < 4.78 is 5.18. The fraction of sp³-hybridized carbons (Fsp3) is 0.174. The zero-order valence-electron chi connectivity index (χ0n) is 16.8. The number of aryl methyl sites for hydroxylation is 1. The number of nitrogens with zero attached hydrogens (tertiary/aromatic N) is 1. The summed E-state index contributed by atoms with van der Waals surface area (Å²) in [6, 6.07) is 9.30. The zero-order chi connectivity index (χ0) is 21.8. The van der Waals surface area contributed by atoms with E-state index in [0.29, 0.717) is 23.2 Å². The average molecular weight is 406 g/mol. The Balaban J connectivity index is 2.04. The highest BCUT2D eigenvalue weighted by Gasteiger charge is 2.36. The van der Waals surface area contributed by atoms with Gasteiger partial charge in [0, 0.05) is 5.56 Å². The molecule has 0 bridgehead atoms. The Kier molecular flexibility index (Phi) is 6.01. The molecule has 2 aromatic carbocycles. The number of hydrogen-bond donors (Lipinski definition) is 2.